The molecule has 0 fully saturated rings. The molecule has 0 aliphatic carbocycles. The molecule has 7 heavy (non-hydrogen) atoms. The second-order valence-corrected chi connectivity index (χ2v) is 1.79. The Balaban J connectivity index is 3.13. The van der Waals surface area contributed by atoms with Gasteiger partial charge in [0.1, 0.15) is 0 Å². The molecule has 0 rings (SSSR count). The van der Waals surface area contributed by atoms with E-state index in [1.54, 1.807) is 6.92 Å². The van der Waals surface area contributed by atoms with Crippen molar-refractivity contribution >= 4 is 17.6 Å². The number of rotatable bonds is 1. The molecule has 0 aromatic rings. The SMILES string of the molecule is CC(=[OH+])OC(C)Cl. The molecule has 0 aromatic carbocycles. The first-order valence-corrected chi connectivity index (χ1v) is 2.40. The number of ether oxygens (including phenoxy) is 1. The van der Waals surface area contributed by atoms with E-state index in [0.717, 1.165) is 0 Å². The lowest BCUT2D eigenvalue weighted by atomic mass is 10.8. The lowest BCUT2D eigenvalue weighted by Crippen LogP contribution is -2.04. The zero-order chi connectivity index (χ0) is 5.86. The van der Waals surface area contributed by atoms with Crippen molar-refractivity contribution in [3.8, 4) is 0 Å². The lowest BCUT2D eigenvalue weighted by Gasteiger charge is -1.88. The summed E-state index contributed by atoms with van der Waals surface area (Å²) in [6.07, 6.45) is 0. The van der Waals surface area contributed by atoms with Crippen molar-refractivity contribution in [2.24, 2.45) is 0 Å². The van der Waals surface area contributed by atoms with Gasteiger partial charge in [0.15, 0.2) is 0 Å². The Kier molecular flexibility index (Phi) is 2.76. The van der Waals surface area contributed by atoms with Crippen LogP contribution in [0.25, 0.3) is 0 Å². The van der Waals surface area contributed by atoms with Gasteiger partial charge in [-0.15, -0.1) is 0 Å². The Hall–Kier alpha value is -0.240. The average molecular weight is 124 g/mol. The van der Waals surface area contributed by atoms with Crippen LogP contribution in [-0.2, 0) is 4.74 Å². The minimum absolute atomic E-state index is 0.0949. The number of halogens is 1. The van der Waals surface area contributed by atoms with E-state index in [9.17, 15) is 0 Å². The highest BCUT2D eigenvalue weighted by Gasteiger charge is 2.06. The molecule has 0 saturated carbocycles. The molecule has 0 aliphatic heterocycles. The van der Waals surface area contributed by atoms with Gasteiger partial charge >= 0.3 is 5.97 Å². The van der Waals surface area contributed by atoms with Gasteiger partial charge in [-0.05, 0) is 11.6 Å². The summed E-state index contributed by atoms with van der Waals surface area (Å²) in [6.45, 7) is 3.06. The van der Waals surface area contributed by atoms with E-state index in [1.165, 1.54) is 6.92 Å². The van der Waals surface area contributed by atoms with Gasteiger partial charge in [-0.1, -0.05) is 0 Å². The van der Waals surface area contributed by atoms with Crippen LogP contribution in [0.3, 0.4) is 0 Å². The van der Waals surface area contributed by atoms with Gasteiger partial charge in [0.25, 0.3) is 5.56 Å². The van der Waals surface area contributed by atoms with Crippen molar-refractivity contribution in [2.75, 3.05) is 0 Å². The predicted molar refractivity (Wildman–Crippen MR) is 29.0 cm³/mol. The zero-order valence-corrected chi connectivity index (χ0v) is 5.07. The van der Waals surface area contributed by atoms with Crippen molar-refractivity contribution in [3.63, 3.8) is 0 Å². The third kappa shape index (κ3) is 5.76. The van der Waals surface area contributed by atoms with E-state index < -0.39 is 5.56 Å². The van der Waals surface area contributed by atoms with Crippen LogP contribution in [0.15, 0.2) is 0 Å². The molecule has 3 heteroatoms. The normalized spacial score (nSPS) is 13.0. The predicted octanol–water partition coefficient (Wildman–Crippen LogP) is 1.11. The number of hydrogen-bond donors (Lipinski definition) is 0. The highest BCUT2D eigenvalue weighted by atomic mass is 35.5. The maximum absolute atomic E-state index is 8.33. The Morgan fingerprint density at radius 2 is 2.29 bits per heavy atom. The summed E-state index contributed by atoms with van der Waals surface area (Å²) in [5.74, 6) is -0.0949. The lowest BCUT2D eigenvalue weighted by molar-refractivity contribution is 0.255. The van der Waals surface area contributed by atoms with Crippen LogP contribution in [-0.4, -0.2) is 16.3 Å². The molecule has 0 heterocycles. The molecule has 1 unspecified atom stereocenters. The van der Waals surface area contributed by atoms with E-state index in [1.807, 2.05) is 0 Å². The van der Waals surface area contributed by atoms with Gasteiger partial charge in [0, 0.05) is 6.92 Å². The quantitative estimate of drug-likeness (QED) is 0.292. The molecule has 1 atom stereocenters. The van der Waals surface area contributed by atoms with Crippen LogP contribution in [0.2, 0.25) is 0 Å². The van der Waals surface area contributed by atoms with E-state index in [4.69, 9.17) is 16.4 Å². The van der Waals surface area contributed by atoms with Gasteiger partial charge in [-0.2, -0.15) is 0 Å². The maximum atomic E-state index is 8.33. The molecule has 0 aliphatic rings. The summed E-state index contributed by atoms with van der Waals surface area (Å²) in [6, 6.07) is 0. The van der Waals surface area contributed by atoms with Crippen LogP contribution in [0, 0.1) is 0 Å². The van der Waals surface area contributed by atoms with E-state index in [0.29, 0.717) is 0 Å². The van der Waals surface area contributed by atoms with Crippen molar-refractivity contribution in [2.45, 2.75) is 19.4 Å². The molecule has 0 bridgehead atoms. The molecule has 0 saturated heterocycles. The largest absolute Gasteiger partial charge is 0.480 e. The first kappa shape index (κ1) is 6.76. The summed E-state index contributed by atoms with van der Waals surface area (Å²) in [5, 5.41) is 0. The second kappa shape index (κ2) is 2.86. The monoisotopic (exact) mass is 123 g/mol. The van der Waals surface area contributed by atoms with Gasteiger partial charge in [0.2, 0.25) is 0 Å². The van der Waals surface area contributed by atoms with E-state index in [2.05, 4.69) is 4.74 Å². The average Bonchev–Trinajstić information content (AvgIpc) is 1.27. The maximum Gasteiger partial charge on any atom is 0.480 e. The molecule has 42 valence electrons. The highest BCUT2D eigenvalue weighted by molar-refractivity contribution is 6.19. The summed E-state index contributed by atoms with van der Waals surface area (Å²) in [4.78, 5) is 8.33. The van der Waals surface area contributed by atoms with Crippen molar-refractivity contribution in [1.82, 2.24) is 0 Å². The van der Waals surface area contributed by atoms with Gasteiger partial charge < -0.3 is 9.53 Å². The third-order valence-electron chi connectivity index (χ3n) is 0.333. The molecular formula is C4H8ClO2+. The summed E-state index contributed by atoms with van der Waals surface area (Å²) >= 11 is 5.27. The molecular weight excluding hydrogens is 115 g/mol. The van der Waals surface area contributed by atoms with Crippen LogP contribution in [0.5, 0.6) is 0 Å². The van der Waals surface area contributed by atoms with Gasteiger partial charge in [-0.25, -0.2) is 0 Å². The van der Waals surface area contributed by atoms with Crippen LogP contribution >= 0.6 is 11.6 Å². The fourth-order valence-electron chi connectivity index (χ4n) is 0.235. The number of carbonyl (C=O) groups excluding carboxylic acids is 1. The highest BCUT2D eigenvalue weighted by Crippen LogP contribution is 1.93. The Labute approximate surface area is 47.4 Å². The summed E-state index contributed by atoms with van der Waals surface area (Å²) < 4.78 is 4.49. The van der Waals surface area contributed by atoms with Gasteiger partial charge in [-0.3, -0.25) is 0 Å². The number of hydrogen-bond acceptors (Lipinski definition) is 1. The van der Waals surface area contributed by atoms with E-state index >= 15 is 0 Å². The van der Waals surface area contributed by atoms with Crippen LogP contribution < -0.4 is 0 Å². The topological polar surface area (TPSA) is 30.6 Å². The zero-order valence-electron chi connectivity index (χ0n) is 4.31. The van der Waals surface area contributed by atoms with Crippen LogP contribution in [0.4, 0.5) is 0 Å². The third-order valence-corrected chi connectivity index (χ3v) is 0.422. The van der Waals surface area contributed by atoms with Crippen molar-refractivity contribution in [3.05, 3.63) is 0 Å². The van der Waals surface area contributed by atoms with Crippen molar-refractivity contribution < 1.29 is 9.53 Å². The van der Waals surface area contributed by atoms with Crippen LogP contribution in [0.1, 0.15) is 13.8 Å². The number of alkyl halides is 1. The standard InChI is InChI=1S/C4H7ClO2/c1-3(5)7-4(2)6/h3H,1-2H3/p+1. The molecule has 0 aromatic heterocycles. The fraction of sp³-hybridized carbons (Fsp3) is 0.750. The smallest absolute Gasteiger partial charge is 0.339 e. The minimum Gasteiger partial charge on any atom is -0.339 e. The first-order valence-electron chi connectivity index (χ1n) is 1.96. The minimum atomic E-state index is -0.440. The molecule has 1 N–H and O–H groups in total. The van der Waals surface area contributed by atoms with Gasteiger partial charge in [0.05, 0.1) is 6.92 Å². The molecule has 0 spiro atoms. The number of esters is 1. The second-order valence-electron chi connectivity index (χ2n) is 1.18. The molecule has 0 amide bonds. The molecule has 0 radical (unpaired) electrons. The molecule has 2 nitrogen and oxygen atoms in total. The Morgan fingerprint density at radius 3 is 2.29 bits per heavy atom. The summed E-state index contributed by atoms with van der Waals surface area (Å²) in [7, 11) is 0. The first-order chi connectivity index (χ1) is 3.13. The van der Waals surface area contributed by atoms with E-state index in [-0.39, 0.29) is 5.97 Å². The fourth-order valence-corrected chi connectivity index (χ4v) is 0.364. The van der Waals surface area contributed by atoms with Crippen molar-refractivity contribution in [1.29, 1.82) is 0 Å². The summed E-state index contributed by atoms with van der Waals surface area (Å²) in [5.41, 5.74) is -0.440. The Bertz CT molecular complexity index is 70.1. The Morgan fingerprint density at radius 1 is 1.86 bits per heavy atom.